The third-order valence-corrected chi connectivity index (χ3v) is 7.73. The van der Waals surface area contributed by atoms with Crippen LogP contribution in [0.2, 0.25) is 0 Å². The molecule has 4 rings (SSSR count). The predicted octanol–water partition coefficient (Wildman–Crippen LogP) is 3.62. The van der Waals surface area contributed by atoms with Gasteiger partial charge >= 0.3 is 0 Å². The number of carbonyl (C=O) groups is 1. The molecule has 2 heterocycles. The van der Waals surface area contributed by atoms with Crippen LogP contribution in [0.4, 0.5) is 5.69 Å². The minimum absolute atomic E-state index is 0.0100. The van der Waals surface area contributed by atoms with Crippen molar-refractivity contribution < 1.29 is 13.2 Å². The minimum atomic E-state index is -3.81. The zero-order chi connectivity index (χ0) is 20.4. The van der Waals surface area contributed by atoms with E-state index in [9.17, 15) is 13.2 Å². The maximum Gasteiger partial charge on any atom is 0.267 e. The smallest absolute Gasteiger partial charge is 0.267 e. The van der Waals surface area contributed by atoms with Crippen LogP contribution in [0.25, 0.3) is 0 Å². The van der Waals surface area contributed by atoms with Crippen molar-refractivity contribution in [2.24, 2.45) is 0 Å². The average molecular weight is 424 g/mol. The van der Waals surface area contributed by atoms with Crippen LogP contribution in [0.3, 0.4) is 0 Å². The Hall–Kier alpha value is -2.99. The van der Waals surface area contributed by atoms with E-state index in [4.69, 9.17) is 5.26 Å². The van der Waals surface area contributed by atoms with E-state index in [-0.39, 0.29) is 9.77 Å². The molecule has 1 amide bonds. The van der Waals surface area contributed by atoms with Gasteiger partial charge in [0.2, 0.25) is 10.0 Å². The van der Waals surface area contributed by atoms with Gasteiger partial charge in [0, 0.05) is 18.8 Å². The Morgan fingerprint density at radius 1 is 1.10 bits per heavy atom. The second kappa shape index (κ2) is 7.79. The Morgan fingerprint density at radius 2 is 1.90 bits per heavy atom. The third-order valence-electron chi connectivity index (χ3n) is 4.80. The fourth-order valence-corrected chi connectivity index (χ4v) is 6.05. The molecule has 0 spiro atoms. The monoisotopic (exact) mass is 423 g/mol. The lowest BCUT2D eigenvalue weighted by atomic mass is 10.0. The Bertz CT molecular complexity index is 1230. The molecule has 29 heavy (non-hydrogen) atoms. The fraction of sp³-hybridized carbons (Fsp3) is 0.143. The summed E-state index contributed by atoms with van der Waals surface area (Å²) in [6.07, 6.45) is 0.641. The van der Waals surface area contributed by atoms with Gasteiger partial charge in [-0.1, -0.05) is 30.3 Å². The van der Waals surface area contributed by atoms with E-state index >= 15 is 0 Å². The van der Waals surface area contributed by atoms with Gasteiger partial charge in [0.15, 0.2) is 0 Å². The van der Waals surface area contributed by atoms with Crippen LogP contribution in [-0.2, 0) is 23.0 Å². The number of carbonyl (C=O) groups excluding carboxylic acids is 1. The summed E-state index contributed by atoms with van der Waals surface area (Å²) in [4.78, 5) is 12.9. The number of nitrogens with zero attached hydrogens (tertiary/aromatic N) is 2. The molecule has 3 aromatic rings. The van der Waals surface area contributed by atoms with E-state index in [2.05, 4.69) is 5.32 Å². The number of nitrogens with one attached hydrogen (secondary N) is 1. The Balaban J connectivity index is 1.60. The number of hydrogen-bond donors (Lipinski definition) is 1. The number of amides is 1. The number of sulfonamides is 1. The molecule has 146 valence electrons. The summed E-state index contributed by atoms with van der Waals surface area (Å²) in [5.74, 6) is -0.508. The highest BCUT2D eigenvalue weighted by Crippen LogP contribution is 2.30. The molecule has 2 aromatic carbocycles. The molecule has 0 saturated carbocycles. The predicted molar refractivity (Wildman–Crippen MR) is 111 cm³/mol. The molecule has 1 aromatic heterocycles. The third kappa shape index (κ3) is 3.80. The van der Waals surface area contributed by atoms with E-state index in [0.717, 1.165) is 22.5 Å². The van der Waals surface area contributed by atoms with Gasteiger partial charge < -0.3 is 5.32 Å². The molecule has 0 radical (unpaired) electrons. The van der Waals surface area contributed by atoms with Gasteiger partial charge in [0.05, 0.1) is 11.6 Å². The molecular weight excluding hydrogens is 406 g/mol. The van der Waals surface area contributed by atoms with Crippen molar-refractivity contribution in [3.05, 3.63) is 81.5 Å². The first-order valence-corrected chi connectivity index (χ1v) is 11.3. The van der Waals surface area contributed by atoms with E-state index in [1.54, 1.807) is 29.6 Å². The van der Waals surface area contributed by atoms with Crippen LogP contribution >= 0.6 is 11.3 Å². The number of rotatable bonds is 4. The first-order valence-electron chi connectivity index (χ1n) is 8.95. The largest absolute Gasteiger partial charge is 0.321 e. The van der Waals surface area contributed by atoms with Crippen molar-refractivity contribution in [1.29, 1.82) is 5.26 Å². The summed E-state index contributed by atoms with van der Waals surface area (Å²) in [6.45, 7) is 0.667. The molecule has 1 aliphatic heterocycles. The first kappa shape index (κ1) is 19.3. The van der Waals surface area contributed by atoms with Gasteiger partial charge in [-0.25, -0.2) is 8.42 Å². The summed E-state index contributed by atoms with van der Waals surface area (Å²) >= 11 is 1.08. The van der Waals surface area contributed by atoms with Crippen molar-refractivity contribution in [2.45, 2.75) is 17.9 Å². The lowest BCUT2D eigenvalue weighted by Crippen LogP contribution is -2.36. The summed E-state index contributed by atoms with van der Waals surface area (Å²) in [5, 5.41) is 13.3. The highest BCUT2D eigenvalue weighted by atomic mass is 32.2. The van der Waals surface area contributed by atoms with E-state index in [1.807, 2.05) is 30.3 Å². The topological polar surface area (TPSA) is 90.3 Å². The van der Waals surface area contributed by atoms with Crippen LogP contribution in [-0.4, -0.2) is 25.2 Å². The molecule has 0 unspecified atom stereocenters. The number of fused-ring (bicyclic) bond motifs is 1. The summed E-state index contributed by atoms with van der Waals surface area (Å²) in [6, 6.07) is 17.8. The van der Waals surface area contributed by atoms with E-state index in [0.29, 0.717) is 30.8 Å². The van der Waals surface area contributed by atoms with Gasteiger partial charge in [0.1, 0.15) is 9.77 Å². The summed E-state index contributed by atoms with van der Waals surface area (Å²) in [5.41, 5.74) is 2.99. The molecule has 0 aliphatic carbocycles. The van der Waals surface area contributed by atoms with Crippen LogP contribution in [0.1, 0.15) is 26.4 Å². The number of hydrogen-bond acceptors (Lipinski definition) is 5. The Labute approximate surface area is 173 Å². The minimum Gasteiger partial charge on any atom is -0.321 e. The van der Waals surface area contributed by atoms with Crippen molar-refractivity contribution in [3.8, 4) is 6.07 Å². The lowest BCUT2D eigenvalue weighted by Gasteiger charge is -2.28. The second-order valence-electron chi connectivity index (χ2n) is 6.62. The highest BCUT2D eigenvalue weighted by Gasteiger charge is 2.32. The summed E-state index contributed by atoms with van der Waals surface area (Å²) < 4.78 is 27.9. The molecular formula is C21H17N3O3S2. The maximum absolute atomic E-state index is 13.2. The van der Waals surface area contributed by atoms with Crippen LogP contribution in [0.5, 0.6) is 0 Å². The zero-order valence-corrected chi connectivity index (χ0v) is 17.0. The number of nitriles is 1. The van der Waals surface area contributed by atoms with Gasteiger partial charge in [-0.3, -0.25) is 4.79 Å². The second-order valence-corrected chi connectivity index (χ2v) is 9.44. The fourth-order valence-electron chi connectivity index (χ4n) is 3.33. The van der Waals surface area contributed by atoms with Gasteiger partial charge in [-0.15, -0.1) is 11.3 Å². The Morgan fingerprint density at radius 3 is 2.69 bits per heavy atom. The van der Waals surface area contributed by atoms with Crippen LogP contribution in [0, 0.1) is 11.3 Å². The standard InChI is InChI=1S/C21H17N3O3S2/c22-13-15-4-3-7-18(12-15)23-21(25)20-19(9-11-28-20)29(26,27)24-10-8-16-5-1-2-6-17(16)14-24/h1-7,9,11-12H,8,10,14H2,(H,23,25). The number of thiophene rings is 1. The molecule has 0 bridgehead atoms. The molecule has 1 aliphatic rings. The molecule has 0 atom stereocenters. The Kier molecular flexibility index (Phi) is 5.20. The van der Waals surface area contributed by atoms with Crippen molar-refractivity contribution in [2.75, 3.05) is 11.9 Å². The van der Waals surface area contributed by atoms with Gasteiger partial charge in [0.25, 0.3) is 5.91 Å². The van der Waals surface area contributed by atoms with E-state index in [1.165, 1.54) is 10.4 Å². The van der Waals surface area contributed by atoms with Crippen LogP contribution in [0.15, 0.2) is 64.9 Å². The van der Waals surface area contributed by atoms with E-state index < -0.39 is 15.9 Å². The number of anilines is 1. The molecule has 0 saturated heterocycles. The molecule has 0 fully saturated rings. The normalized spacial score (nSPS) is 14.0. The SMILES string of the molecule is N#Cc1cccc(NC(=O)c2sccc2S(=O)(=O)N2CCc3ccccc3C2)c1. The molecule has 8 heteroatoms. The maximum atomic E-state index is 13.2. The average Bonchev–Trinajstić information content (AvgIpc) is 3.24. The first-order chi connectivity index (χ1) is 14.0. The van der Waals surface area contributed by atoms with Crippen molar-refractivity contribution in [1.82, 2.24) is 4.31 Å². The molecule has 6 nitrogen and oxygen atoms in total. The summed E-state index contributed by atoms with van der Waals surface area (Å²) in [7, 11) is -3.81. The van der Waals surface area contributed by atoms with Crippen LogP contribution < -0.4 is 5.32 Å². The quantitative estimate of drug-likeness (QED) is 0.694. The van der Waals surface area contributed by atoms with Gasteiger partial charge in [-0.2, -0.15) is 9.57 Å². The van der Waals surface area contributed by atoms with Gasteiger partial charge in [-0.05, 0) is 47.2 Å². The molecule has 1 N–H and O–H groups in total. The lowest BCUT2D eigenvalue weighted by molar-refractivity contribution is 0.102. The number of benzene rings is 2. The highest BCUT2D eigenvalue weighted by molar-refractivity contribution is 7.89. The van der Waals surface area contributed by atoms with Crippen molar-refractivity contribution in [3.63, 3.8) is 0 Å². The zero-order valence-electron chi connectivity index (χ0n) is 15.3. The van der Waals surface area contributed by atoms with Crippen molar-refractivity contribution >= 4 is 33.0 Å².